The molecular weight excluding hydrogens is 214 g/mol. The lowest BCUT2D eigenvalue weighted by molar-refractivity contribution is 0.310. The Labute approximate surface area is 92.2 Å². The summed E-state index contributed by atoms with van der Waals surface area (Å²) in [6.07, 6.45) is 1.48. The Kier molecular flexibility index (Phi) is 3.76. The van der Waals surface area contributed by atoms with Gasteiger partial charge in [-0.2, -0.15) is 17.4 Å². The SMILES string of the molecule is CC(C)(C)NS(=O)(=O)N1CCC(N)CC1. The lowest BCUT2D eigenvalue weighted by atomic mass is 10.1. The zero-order valence-corrected chi connectivity index (χ0v) is 10.5. The lowest BCUT2D eigenvalue weighted by Gasteiger charge is -2.32. The minimum atomic E-state index is -3.34. The summed E-state index contributed by atoms with van der Waals surface area (Å²) in [5.41, 5.74) is 5.29. The maximum atomic E-state index is 11.9. The highest BCUT2D eigenvalue weighted by atomic mass is 32.2. The average Bonchev–Trinajstić information content (AvgIpc) is 2.00. The summed E-state index contributed by atoms with van der Waals surface area (Å²) in [4.78, 5) is 0. The van der Waals surface area contributed by atoms with E-state index in [2.05, 4.69) is 4.72 Å². The van der Waals surface area contributed by atoms with Crippen LogP contribution in [0.1, 0.15) is 33.6 Å². The Morgan fingerprint density at radius 3 is 2.13 bits per heavy atom. The van der Waals surface area contributed by atoms with Crippen LogP contribution in [-0.4, -0.2) is 37.4 Å². The van der Waals surface area contributed by atoms with Crippen molar-refractivity contribution < 1.29 is 8.42 Å². The minimum Gasteiger partial charge on any atom is -0.328 e. The normalized spacial score (nSPS) is 21.9. The second kappa shape index (κ2) is 4.37. The van der Waals surface area contributed by atoms with Crippen LogP contribution in [0.25, 0.3) is 0 Å². The predicted molar refractivity (Wildman–Crippen MR) is 60.6 cm³/mol. The smallest absolute Gasteiger partial charge is 0.279 e. The molecule has 0 aliphatic carbocycles. The van der Waals surface area contributed by atoms with E-state index < -0.39 is 15.7 Å². The van der Waals surface area contributed by atoms with Gasteiger partial charge in [0.1, 0.15) is 0 Å². The Hall–Kier alpha value is -0.170. The number of hydrogen-bond acceptors (Lipinski definition) is 3. The Morgan fingerprint density at radius 1 is 1.27 bits per heavy atom. The van der Waals surface area contributed by atoms with Gasteiger partial charge in [0, 0.05) is 24.7 Å². The van der Waals surface area contributed by atoms with Gasteiger partial charge in [-0.25, -0.2) is 0 Å². The Bertz CT molecular complexity index is 300. The van der Waals surface area contributed by atoms with Crippen molar-refractivity contribution in [1.82, 2.24) is 9.03 Å². The molecule has 3 N–H and O–H groups in total. The molecule has 1 aliphatic rings. The molecule has 0 aromatic carbocycles. The average molecular weight is 235 g/mol. The van der Waals surface area contributed by atoms with Crippen LogP contribution < -0.4 is 10.5 Å². The van der Waals surface area contributed by atoms with Crippen molar-refractivity contribution in [2.45, 2.75) is 45.2 Å². The number of nitrogens with two attached hydrogens (primary N) is 1. The Morgan fingerprint density at radius 2 is 1.73 bits per heavy atom. The summed E-state index contributed by atoms with van der Waals surface area (Å²) in [7, 11) is -3.34. The maximum Gasteiger partial charge on any atom is 0.279 e. The van der Waals surface area contributed by atoms with Crippen LogP contribution in [0.3, 0.4) is 0 Å². The van der Waals surface area contributed by atoms with Crippen LogP contribution in [-0.2, 0) is 10.2 Å². The molecule has 15 heavy (non-hydrogen) atoms. The summed E-state index contributed by atoms with van der Waals surface area (Å²) in [5, 5.41) is 0. The van der Waals surface area contributed by atoms with Crippen LogP contribution in [0.15, 0.2) is 0 Å². The van der Waals surface area contributed by atoms with Gasteiger partial charge in [0.05, 0.1) is 0 Å². The molecule has 1 saturated heterocycles. The first-order chi connectivity index (χ1) is 6.71. The summed E-state index contributed by atoms with van der Waals surface area (Å²) in [6, 6.07) is 0.145. The summed E-state index contributed by atoms with van der Waals surface area (Å²) in [5.74, 6) is 0. The van der Waals surface area contributed by atoms with E-state index >= 15 is 0 Å². The van der Waals surface area contributed by atoms with Gasteiger partial charge in [0.2, 0.25) is 0 Å². The van der Waals surface area contributed by atoms with Crippen molar-refractivity contribution in [3.8, 4) is 0 Å². The highest BCUT2D eigenvalue weighted by molar-refractivity contribution is 7.87. The van der Waals surface area contributed by atoms with Gasteiger partial charge < -0.3 is 5.73 Å². The highest BCUT2D eigenvalue weighted by Crippen LogP contribution is 2.13. The molecule has 1 fully saturated rings. The molecule has 90 valence electrons. The van der Waals surface area contributed by atoms with E-state index in [0.717, 1.165) is 12.8 Å². The molecule has 1 aliphatic heterocycles. The fourth-order valence-electron chi connectivity index (χ4n) is 1.57. The van der Waals surface area contributed by atoms with Crippen LogP contribution in [0.2, 0.25) is 0 Å². The van der Waals surface area contributed by atoms with Gasteiger partial charge >= 0.3 is 0 Å². The molecule has 1 heterocycles. The molecule has 0 radical (unpaired) electrons. The largest absolute Gasteiger partial charge is 0.328 e. The number of nitrogens with zero attached hydrogens (tertiary/aromatic N) is 1. The zero-order chi connectivity index (χ0) is 11.7. The van der Waals surface area contributed by atoms with Crippen LogP contribution in [0, 0.1) is 0 Å². The van der Waals surface area contributed by atoms with Crippen molar-refractivity contribution in [3.05, 3.63) is 0 Å². The topological polar surface area (TPSA) is 75.4 Å². The van der Waals surface area contributed by atoms with E-state index in [4.69, 9.17) is 5.73 Å². The van der Waals surface area contributed by atoms with E-state index in [-0.39, 0.29) is 6.04 Å². The van der Waals surface area contributed by atoms with Crippen molar-refractivity contribution >= 4 is 10.2 Å². The van der Waals surface area contributed by atoms with E-state index in [9.17, 15) is 8.42 Å². The molecule has 0 unspecified atom stereocenters. The standard InChI is InChI=1S/C9H21N3O2S/c1-9(2,3)11-15(13,14)12-6-4-8(10)5-7-12/h8,11H,4-7,10H2,1-3H3. The summed E-state index contributed by atoms with van der Waals surface area (Å²) >= 11 is 0. The summed E-state index contributed by atoms with van der Waals surface area (Å²) in [6.45, 7) is 6.54. The molecule has 0 spiro atoms. The summed E-state index contributed by atoms with van der Waals surface area (Å²) < 4.78 is 27.9. The first-order valence-electron chi connectivity index (χ1n) is 5.25. The van der Waals surface area contributed by atoms with Gasteiger partial charge in [-0.05, 0) is 33.6 Å². The van der Waals surface area contributed by atoms with Gasteiger partial charge in [-0.3, -0.25) is 0 Å². The number of piperidine rings is 1. The monoisotopic (exact) mass is 235 g/mol. The van der Waals surface area contributed by atoms with Gasteiger partial charge in [-0.1, -0.05) is 0 Å². The van der Waals surface area contributed by atoms with Crippen LogP contribution in [0.4, 0.5) is 0 Å². The van der Waals surface area contributed by atoms with Crippen LogP contribution >= 0.6 is 0 Å². The van der Waals surface area contributed by atoms with Crippen LogP contribution in [0.5, 0.6) is 0 Å². The molecule has 6 heteroatoms. The minimum absolute atomic E-state index is 0.145. The third kappa shape index (κ3) is 4.06. The van der Waals surface area contributed by atoms with Crippen molar-refractivity contribution in [3.63, 3.8) is 0 Å². The number of nitrogens with one attached hydrogen (secondary N) is 1. The van der Waals surface area contributed by atoms with E-state index in [1.807, 2.05) is 20.8 Å². The molecule has 0 bridgehead atoms. The first-order valence-corrected chi connectivity index (χ1v) is 6.69. The fraction of sp³-hybridized carbons (Fsp3) is 1.00. The van der Waals surface area contributed by atoms with Gasteiger partial charge in [-0.15, -0.1) is 0 Å². The lowest BCUT2D eigenvalue weighted by Crippen LogP contribution is -2.52. The molecule has 0 aromatic heterocycles. The first kappa shape index (κ1) is 12.9. The van der Waals surface area contributed by atoms with Crippen molar-refractivity contribution in [2.75, 3.05) is 13.1 Å². The quantitative estimate of drug-likeness (QED) is 0.709. The van der Waals surface area contributed by atoms with Crippen molar-refractivity contribution in [2.24, 2.45) is 5.73 Å². The van der Waals surface area contributed by atoms with E-state index in [1.165, 1.54) is 4.31 Å². The maximum absolute atomic E-state index is 11.9. The predicted octanol–water partition coefficient (Wildman–Crippen LogP) is 0.0424. The molecule has 0 saturated carbocycles. The van der Waals surface area contributed by atoms with E-state index in [0.29, 0.717) is 13.1 Å². The Balaban J connectivity index is 2.63. The third-order valence-electron chi connectivity index (χ3n) is 2.27. The molecular formula is C9H21N3O2S. The van der Waals surface area contributed by atoms with Crippen molar-refractivity contribution in [1.29, 1.82) is 0 Å². The van der Waals surface area contributed by atoms with E-state index in [1.54, 1.807) is 0 Å². The molecule has 0 amide bonds. The number of hydrogen-bond donors (Lipinski definition) is 2. The zero-order valence-electron chi connectivity index (χ0n) is 9.66. The third-order valence-corrected chi connectivity index (χ3v) is 4.19. The molecule has 0 atom stereocenters. The second-order valence-electron chi connectivity index (χ2n) is 5.09. The second-order valence-corrected chi connectivity index (χ2v) is 6.76. The molecule has 0 aromatic rings. The molecule has 5 nitrogen and oxygen atoms in total. The highest BCUT2D eigenvalue weighted by Gasteiger charge is 2.29. The molecule has 1 rings (SSSR count). The fourth-order valence-corrected chi connectivity index (χ4v) is 3.16. The van der Waals surface area contributed by atoms with Gasteiger partial charge in [0.25, 0.3) is 10.2 Å². The number of rotatable bonds is 2. The van der Waals surface area contributed by atoms with Gasteiger partial charge in [0.15, 0.2) is 0 Å².